The number of benzene rings is 1. The van der Waals surface area contributed by atoms with E-state index in [0.29, 0.717) is 11.4 Å². The van der Waals surface area contributed by atoms with E-state index < -0.39 is 10.0 Å². The zero-order valence-corrected chi connectivity index (χ0v) is 13.5. The van der Waals surface area contributed by atoms with Crippen LogP contribution in [0.4, 0.5) is 0 Å². The number of nitrogens with zero attached hydrogens (tertiary/aromatic N) is 1. The summed E-state index contributed by atoms with van der Waals surface area (Å²) in [5.74, 6) is 0. The van der Waals surface area contributed by atoms with Crippen LogP contribution in [0.5, 0.6) is 0 Å². The summed E-state index contributed by atoms with van der Waals surface area (Å²) in [4.78, 5) is 2.66. The third-order valence-corrected chi connectivity index (χ3v) is 5.26. The van der Waals surface area contributed by atoms with Gasteiger partial charge in [-0.15, -0.1) is 0 Å². The van der Waals surface area contributed by atoms with Gasteiger partial charge < -0.3 is 10.2 Å². The van der Waals surface area contributed by atoms with Gasteiger partial charge in [-0.1, -0.05) is 18.6 Å². The predicted molar refractivity (Wildman–Crippen MR) is 84.7 cm³/mol. The fourth-order valence-electron chi connectivity index (χ4n) is 2.60. The lowest BCUT2D eigenvalue weighted by atomic mass is 10.1. The molecular formula is C15H25N3O2S. The summed E-state index contributed by atoms with van der Waals surface area (Å²) >= 11 is 0. The van der Waals surface area contributed by atoms with Crippen LogP contribution in [0.15, 0.2) is 29.2 Å². The number of nitrogens with one attached hydrogen (secondary N) is 2. The van der Waals surface area contributed by atoms with E-state index in [4.69, 9.17) is 0 Å². The number of rotatable bonds is 7. The molecule has 0 bridgehead atoms. The van der Waals surface area contributed by atoms with E-state index in [-0.39, 0.29) is 0 Å². The Labute approximate surface area is 127 Å². The van der Waals surface area contributed by atoms with Crippen LogP contribution in [0.25, 0.3) is 0 Å². The van der Waals surface area contributed by atoms with Crippen LogP contribution in [-0.4, -0.2) is 46.5 Å². The molecule has 1 aromatic rings. The van der Waals surface area contributed by atoms with Gasteiger partial charge in [0.05, 0.1) is 4.90 Å². The van der Waals surface area contributed by atoms with E-state index >= 15 is 0 Å². The lowest BCUT2D eigenvalue weighted by molar-refractivity contribution is 0.233. The van der Waals surface area contributed by atoms with Gasteiger partial charge in [-0.2, -0.15) is 0 Å². The summed E-state index contributed by atoms with van der Waals surface area (Å²) in [6, 6.07) is 7.01. The van der Waals surface area contributed by atoms with Crippen molar-refractivity contribution in [1.29, 1.82) is 0 Å². The second-order valence-electron chi connectivity index (χ2n) is 5.47. The molecule has 1 aromatic carbocycles. The molecule has 5 nitrogen and oxygen atoms in total. The molecular weight excluding hydrogens is 286 g/mol. The summed E-state index contributed by atoms with van der Waals surface area (Å²) < 4.78 is 27.1. The average Bonchev–Trinajstić information content (AvgIpc) is 2.49. The number of piperidine rings is 1. The standard InChI is InChI=1S/C15H25N3O2S/c1-16-13-14-5-7-15(8-6-14)21(19,20)17-9-12-18-10-3-2-4-11-18/h5-8,16-17H,2-4,9-13H2,1H3. The van der Waals surface area contributed by atoms with Gasteiger partial charge >= 0.3 is 0 Å². The van der Waals surface area contributed by atoms with Gasteiger partial charge in [0.15, 0.2) is 0 Å². The molecule has 0 radical (unpaired) electrons. The lowest BCUT2D eigenvalue weighted by Gasteiger charge is -2.26. The molecule has 1 aliphatic rings. The van der Waals surface area contributed by atoms with Crippen LogP contribution in [0.2, 0.25) is 0 Å². The first-order valence-corrected chi connectivity index (χ1v) is 9.06. The summed E-state index contributed by atoms with van der Waals surface area (Å²) in [6.07, 6.45) is 3.74. The highest BCUT2D eigenvalue weighted by Crippen LogP contribution is 2.11. The molecule has 1 heterocycles. The third-order valence-electron chi connectivity index (χ3n) is 3.78. The normalized spacial score (nSPS) is 17.0. The van der Waals surface area contributed by atoms with Crippen molar-refractivity contribution in [2.45, 2.75) is 30.7 Å². The molecule has 0 atom stereocenters. The third kappa shape index (κ3) is 5.07. The predicted octanol–water partition coefficient (Wildman–Crippen LogP) is 1.17. The minimum atomic E-state index is -3.39. The molecule has 1 aliphatic heterocycles. The van der Waals surface area contributed by atoms with Crippen LogP contribution < -0.4 is 10.0 Å². The highest BCUT2D eigenvalue weighted by atomic mass is 32.2. The Morgan fingerprint density at radius 1 is 1.10 bits per heavy atom. The average molecular weight is 311 g/mol. The number of likely N-dealkylation sites (tertiary alicyclic amines) is 1. The molecule has 1 fully saturated rings. The van der Waals surface area contributed by atoms with Gasteiger partial charge in [0.1, 0.15) is 0 Å². The van der Waals surface area contributed by atoms with Gasteiger partial charge in [0, 0.05) is 19.6 Å². The topological polar surface area (TPSA) is 61.4 Å². The van der Waals surface area contributed by atoms with Crippen molar-refractivity contribution in [1.82, 2.24) is 14.9 Å². The minimum absolute atomic E-state index is 0.334. The number of hydrogen-bond acceptors (Lipinski definition) is 4. The molecule has 118 valence electrons. The number of hydrogen-bond donors (Lipinski definition) is 2. The van der Waals surface area contributed by atoms with Crippen LogP contribution in [-0.2, 0) is 16.6 Å². The SMILES string of the molecule is CNCc1ccc(S(=O)(=O)NCCN2CCCCC2)cc1. The van der Waals surface area contributed by atoms with Crippen molar-refractivity contribution in [2.24, 2.45) is 0 Å². The highest BCUT2D eigenvalue weighted by molar-refractivity contribution is 7.89. The second kappa shape index (κ2) is 7.89. The first-order chi connectivity index (χ1) is 10.1. The Morgan fingerprint density at radius 3 is 2.38 bits per heavy atom. The maximum absolute atomic E-state index is 12.2. The molecule has 6 heteroatoms. The fourth-order valence-corrected chi connectivity index (χ4v) is 3.62. The van der Waals surface area contributed by atoms with Gasteiger partial charge in [0.25, 0.3) is 0 Å². The van der Waals surface area contributed by atoms with E-state index in [9.17, 15) is 8.42 Å². The van der Waals surface area contributed by atoms with Gasteiger partial charge in [-0.25, -0.2) is 13.1 Å². The van der Waals surface area contributed by atoms with Crippen molar-refractivity contribution in [3.8, 4) is 0 Å². The molecule has 0 spiro atoms. The maximum Gasteiger partial charge on any atom is 0.240 e. The minimum Gasteiger partial charge on any atom is -0.316 e. The summed E-state index contributed by atoms with van der Waals surface area (Å²) in [6.45, 7) is 4.17. The van der Waals surface area contributed by atoms with Gasteiger partial charge in [-0.05, 0) is 50.7 Å². The lowest BCUT2D eigenvalue weighted by Crippen LogP contribution is -2.37. The van der Waals surface area contributed by atoms with E-state index in [1.54, 1.807) is 12.1 Å². The Bertz CT molecular complexity index is 522. The first-order valence-electron chi connectivity index (χ1n) is 7.57. The second-order valence-corrected chi connectivity index (χ2v) is 7.24. The smallest absolute Gasteiger partial charge is 0.240 e. The molecule has 0 unspecified atom stereocenters. The summed E-state index contributed by atoms with van der Waals surface area (Å²) in [5, 5.41) is 3.04. The molecule has 1 saturated heterocycles. The zero-order chi connectivity index (χ0) is 15.1. The molecule has 2 N–H and O–H groups in total. The van der Waals surface area contributed by atoms with Crippen molar-refractivity contribution in [3.05, 3.63) is 29.8 Å². The van der Waals surface area contributed by atoms with Crippen molar-refractivity contribution in [3.63, 3.8) is 0 Å². The molecule has 0 aromatic heterocycles. The van der Waals surface area contributed by atoms with Gasteiger partial charge in [0.2, 0.25) is 10.0 Å². The summed E-state index contributed by atoms with van der Waals surface area (Å²) in [5.41, 5.74) is 1.07. The van der Waals surface area contributed by atoms with Crippen LogP contribution in [0.1, 0.15) is 24.8 Å². The quantitative estimate of drug-likeness (QED) is 0.793. The Hall–Kier alpha value is -0.950. The Morgan fingerprint density at radius 2 is 1.76 bits per heavy atom. The molecule has 0 saturated carbocycles. The molecule has 0 aliphatic carbocycles. The zero-order valence-electron chi connectivity index (χ0n) is 12.6. The van der Waals surface area contributed by atoms with Crippen molar-refractivity contribution < 1.29 is 8.42 Å². The van der Waals surface area contributed by atoms with E-state index in [0.717, 1.165) is 31.7 Å². The molecule has 0 amide bonds. The van der Waals surface area contributed by atoms with E-state index in [1.165, 1.54) is 19.3 Å². The van der Waals surface area contributed by atoms with Crippen LogP contribution in [0.3, 0.4) is 0 Å². The highest BCUT2D eigenvalue weighted by Gasteiger charge is 2.15. The summed E-state index contributed by atoms with van der Waals surface area (Å²) in [7, 11) is -1.52. The first kappa shape index (κ1) is 16.4. The largest absolute Gasteiger partial charge is 0.316 e. The van der Waals surface area contributed by atoms with Crippen molar-refractivity contribution in [2.75, 3.05) is 33.2 Å². The molecule has 21 heavy (non-hydrogen) atoms. The van der Waals surface area contributed by atoms with E-state index in [1.807, 2.05) is 19.2 Å². The number of sulfonamides is 1. The van der Waals surface area contributed by atoms with Crippen molar-refractivity contribution >= 4 is 10.0 Å². The maximum atomic E-state index is 12.2. The fraction of sp³-hybridized carbons (Fsp3) is 0.600. The Balaban J connectivity index is 1.85. The van der Waals surface area contributed by atoms with Gasteiger partial charge in [-0.3, -0.25) is 0 Å². The Kier molecular flexibility index (Phi) is 6.17. The monoisotopic (exact) mass is 311 g/mol. The van der Waals surface area contributed by atoms with E-state index in [2.05, 4.69) is 14.9 Å². The van der Waals surface area contributed by atoms with Crippen LogP contribution >= 0.6 is 0 Å². The van der Waals surface area contributed by atoms with Crippen LogP contribution in [0, 0.1) is 0 Å². The molecule has 2 rings (SSSR count).